The normalized spacial score (nSPS) is 25.3. The van der Waals surface area contributed by atoms with Gasteiger partial charge in [-0.2, -0.15) is 28.4 Å². The van der Waals surface area contributed by atoms with E-state index < -0.39 is 58.4 Å². The van der Waals surface area contributed by atoms with E-state index in [1.165, 1.54) is 4.90 Å². The SMILES string of the molecule is [2H]C([2H])([2H])N1CC/C(=C\F)[C@](C)(COc2nc(N3C[C@H]4CC[C@@H](C3)N4)c3cc(C(F)(F)F)c(-c4ccc(F)c5sc(N)c(C#N)c45)c(F)c3n2)C1. The monoisotopic (exact) mass is 690 g/mol. The van der Waals surface area contributed by atoms with Crippen molar-refractivity contribution >= 4 is 43.1 Å². The summed E-state index contributed by atoms with van der Waals surface area (Å²) in [6.45, 7) is -0.507. The maximum atomic E-state index is 17.1. The number of halogens is 6. The number of benzene rings is 2. The second-order valence-electron chi connectivity index (χ2n) is 12.8. The largest absolute Gasteiger partial charge is 0.462 e. The first-order chi connectivity index (χ1) is 24.0. The number of hydrogen-bond acceptors (Lipinski definition) is 9. The predicted molar refractivity (Wildman–Crippen MR) is 171 cm³/mol. The molecule has 3 N–H and O–H groups in total. The number of ether oxygens (including phenoxy) is 1. The van der Waals surface area contributed by atoms with Gasteiger partial charge in [-0.15, -0.1) is 11.3 Å². The van der Waals surface area contributed by atoms with Gasteiger partial charge in [0, 0.05) is 64.1 Å². The first-order valence-electron chi connectivity index (χ1n) is 16.7. The summed E-state index contributed by atoms with van der Waals surface area (Å²) in [5.74, 6) is -2.26. The van der Waals surface area contributed by atoms with Crippen molar-refractivity contribution in [3.8, 4) is 23.2 Å². The van der Waals surface area contributed by atoms with E-state index in [1.54, 1.807) is 17.9 Å². The molecule has 3 atom stereocenters. The van der Waals surface area contributed by atoms with Crippen LogP contribution in [0.1, 0.15) is 41.4 Å². The Morgan fingerprint density at radius 2 is 2.00 bits per heavy atom. The molecular weight excluding hydrogens is 656 g/mol. The van der Waals surface area contributed by atoms with Gasteiger partial charge in [-0.1, -0.05) is 13.0 Å². The Balaban J connectivity index is 1.43. The third kappa shape index (κ3) is 5.39. The van der Waals surface area contributed by atoms with Crippen LogP contribution < -0.4 is 20.7 Å². The second-order valence-corrected chi connectivity index (χ2v) is 13.8. The number of nitrogens with zero attached hydrogens (tertiary/aromatic N) is 5. The summed E-state index contributed by atoms with van der Waals surface area (Å²) in [5, 5.41) is 12.6. The fourth-order valence-corrected chi connectivity index (χ4v) is 8.12. The van der Waals surface area contributed by atoms with Crippen molar-refractivity contribution in [3.63, 3.8) is 0 Å². The Morgan fingerprint density at radius 3 is 2.67 bits per heavy atom. The highest BCUT2D eigenvalue weighted by Crippen LogP contribution is 2.48. The highest BCUT2D eigenvalue weighted by atomic mass is 32.1. The minimum Gasteiger partial charge on any atom is -0.462 e. The topological polar surface area (TPSA) is 103 Å². The number of anilines is 2. The maximum Gasteiger partial charge on any atom is 0.417 e. The number of hydrogen-bond donors (Lipinski definition) is 2. The number of thiophene rings is 1. The lowest BCUT2D eigenvalue weighted by atomic mass is 9.78. The molecule has 0 spiro atoms. The predicted octanol–water partition coefficient (Wildman–Crippen LogP) is 6.78. The number of rotatable bonds is 5. The molecule has 0 radical (unpaired) electrons. The van der Waals surface area contributed by atoms with Crippen LogP contribution in [0.15, 0.2) is 30.1 Å². The first kappa shape index (κ1) is 28.8. The van der Waals surface area contributed by atoms with Gasteiger partial charge < -0.3 is 25.6 Å². The smallest absolute Gasteiger partial charge is 0.417 e. The quantitative estimate of drug-likeness (QED) is 0.221. The zero-order valence-corrected chi connectivity index (χ0v) is 26.3. The number of likely N-dealkylation sites (tertiary alicyclic amines) is 1. The van der Waals surface area contributed by atoms with E-state index >= 15 is 4.39 Å². The van der Waals surface area contributed by atoms with E-state index in [4.69, 9.17) is 14.6 Å². The Hall–Kier alpha value is -4.13. The van der Waals surface area contributed by atoms with Gasteiger partial charge in [0.2, 0.25) is 0 Å². The number of alkyl halides is 3. The Bertz CT molecular complexity index is 2120. The van der Waals surface area contributed by atoms with E-state index in [0.717, 1.165) is 31.0 Å². The molecule has 4 aromatic rings. The van der Waals surface area contributed by atoms with Gasteiger partial charge >= 0.3 is 12.2 Å². The fourth-order valence-electron chi connectivity index (χ4n) is 7.17. The first-order valence-corrected chi connectivity index (χ1v) is 16.0. The molecule has 252 valence electrons. The molecular formula is C33H31F6N7OS. The van der Waals surface area contributed by atoms with E-state index in [2.05, 4.69) is 15.3 Å². The van der Waals surface area contributed by atoms with Crippen molar-refractivity contribution in [1.29, 1.82) is 5.26 Å². The van der Waals surface area contributed by atoms with E-state index in [9.17, 15) is 27.2 Å². The van der Waals surface area contributed by atoms with Gasteiger partial charge in [0.15, 0.2) is 5.82 Å². The highest BCUT2D eigenvalue weighted by Gasteiger charge is 2.40. The van der Waals surface area contributed by atoms with Crippen LogP contribution in [0.5, 0.6) is 6.01 Å². The Morgan fingerprint density at radius 1 is 1.25 bits per heavy atom. The Labute approximate surface area is 280 Å². The van der Waals surface area contributed by atoms with Crippen LogP contribution in [-0.2, 0) is 6.18 Å². The lowest BCUT2D eigenvalue weighted by molar-refractivity contribution is -0.137. The number of piperidine rings is 1. The van der Waals surface area contributed by atoms with Crippen LogP contribution in [0.25, 0.3) is 32.1 Å². The third-order valence-corrected chi connectivity index (χ3v) is 10.6. The fraction of sp³-hybridized carbons (Fsp3) is 0.424. The molecule has 0 amide bonds. The van der Waals surface area contributed by atoms with Gasteiger partial charge in [-0.3, -0.25) is 0 Å². The summed E-state index contributed by atoms with van der Waals surface area (Å²) < 4.78 is 120. The standard InChI is InChI=1S/C33H31F6N7OS/c1-32(14-45(2)8-7-16(32)10-34)15-47-31-43-27-20(30(44-31)46-12-17-3-4-18(13-46)42-17)9-22(33(37,38)39)25(26(27)36)19-5-6-23(35)28-24(19)21(11-40)29(41)48-28/h5-6,9-10,17-18,42H,3-4,7-8,12-15,41H2,1-2H3/b16-10+/t17-,18+,32-/m0/s1/i2D3. The molecule has 2 aromatic heterocycles. The van der Waals surface area contributed by atoms with E-state index in [-0.39, 0.29) is 75.6 Å². The summed E-state index contributed by atoms with van der Waals surface area (Å²) in [7, 11) is 0. The molecule has 2 bridgehead atoms. The molecule has 0 aliphatic carbocycles. The molecule has 48 heavy (non-hydrogen) atoms. The number of aromatic nitrogens is 2. The molecule has 5 heterocycles. The number of piperazine rings is 1. The summed E-state index contributed by atoms with van der Waals surface area (Å²) >= 11 is 0.663. The molecule has 8 nitrogen and oxygen atoms in total. The number of nitriles is 1. The average molecular weight is 691 g/mol. The van der Waals surface area contributed by atoms with Crippen molar-refractivity contribution in [3.05, 3.63) is 52.9 Å². The lowest BCUT2D eigenvalue weighted by Gasteiger charge is -2.40. The summed E-state index contributed by atoms with van der Waals surface area (Å²) in [6, 6.07) is 4.03. The van der Waals surface area contributed by atoms with Crippen molar-refractivity contribution in [2.24, 2.45) is 5.41 Å². The number of nitrogen functional groups attached to an aromatic ring is 1. The number of nitrogens with two attached hydrogens (primary N) is 1. The number of nitrogens with one attached hydrogen (secondary N) is 1. The summed E-state index contributed by atoms with van der Waals surface area (Å²) in [5.41, 5.74) is 1.50. The van der Waals surface area contributed by atoms with Crippen molar-refractivity contribution in [2.75, 3.05) is 50.4 Å². The molecule has 3 aliphatic rings. The molecule has 0 saturated carbocycles. The van der Waals surface area contributed by atoms with Crippen LogP contribution in [0.4, 0.5) is 37.2 Å². The lowest BCUT2D eigenvalue weighted by Crippen LogP contribution is -2.51. The van der Waals surface area contributed by atoms with E-state index in [1.807, 2.05) is 0 Å². The molecule has 3 fully saturated rings. The Kier molecular flexibility index (Phi) is 7.08. The minimum absolute atomic E-state index is 0.00885. The molecule has 3 saturated heterocycles. The zero-order chi connectivity index (χ0) is 36.6. The van der Waals surface area contributed by atoms with Gasteiger partial charge in [-0.05, 0) is 49.5 Å². The van der Waals surface area contributed by atoms with Gasteiger partial charge in [0.05, 0.1) is 22.2 Å². The van der Waals surface area contributed by atoms with Gasteiger partial charge in [-0.25, -0.2) is 13.2 Å². The van der Waals surface area contributed by atoms with Crippen LogP contribution in [0.2, 0.25) is 0 Å². The minimum atomic E-state index is -5.12. The zero-order valence-electron chi connectivity index (χ0n) is 28.5. The van der Waals surface area contributed by atoms with Gasteiger partial charge in [0.25, 0.3) is 0 Å². The molecule has 2 aromatic carbocycles. The summed E-state index contributed by atoms with van der Waals surface area (Å²) in [4.78, 5) is 11.7. The second kappa shape index (κ2) is 11.8. The van der Waals surface area contributed by atoms with Crippen LogP contribution >= 0.6 is 11.3 Å². The number of fused-ring (bicyclic) bond motifs is 4. The maximum absolute atomic E-state index is 17.1. The van der Waals surface area contributed by atoms with Crippen LogP contribution in [0.3, 0.4) is 0 Å². The molecule has 15 heteroatoms. The highest BCUT2D eigenvalue weighted by molar-refractivity contribution is 7.23. The van der Waals surface area contributed by atoms with Crippen LogP contribution in [0, 0.1) is 28.4 Å². The third-order valence-electron chi connectivity index (χ3n) is 9.53. The average Bonchev–Trinajstić information content (AvgIpc) is 3.60. The van der Waals surface area contributed by atoms with Crippen molar-refractivity contribution in [2.45, 2.75) is 44.4 Å². The van der Waals surface area contributed by atoms with E-state index in [0.29, 0.717) is 30.8 Å². The molecule has 0 unspecified atom stereocenters. The van der Waals surface area contributed by atoms with Crippen LogP contribution in [-0.4, -0.2) is 66.7 Å². The molecule has 3 aliphatic heterocycles. The van der Waals surface area contributed by atoms with Gasteiger partial charge in [0.1, 0.15) is 34.8 Å². The van der Waals surface area contributed by atoms with Crippen molar-refractivity contribution in [1.82, 2.24) is 20.2 Å². The molecule has 7 rings (SSSR count). The summed E-state index contributed by atoms with van der Waals surface area (Å²) in [6.07, 6.45) is -2.97. The van der Waals surface area contributed by atoms with Crippen molar-refractivity contribution < 1.29 is 35.2 Å².